The molecule has 3 N–H and O–H groups in total. The van der Waals surface area contributed by atoms with Gasteiger partial charge < -0.3 is 16.0 Å². The largest absolute Gasteiger partial charge is 0.376 e. The van der Waals surface area contributed by atoms with Gasteiger partial charge in [0.05, 0.1) is 6.54 Å². The third-order valence-corrected chi connectivity index (χ3v) is 5.03. The molecule has 0 saturated carbocycles. The third-order valence-electron chi connectivity index (χ3n) is 5.03. The molecule has 0 spiro atoms. The van der Waals surface area contributed by atoms with Crippen LogP contribution in [-0.2, 0) is 4.79 Å². The van der Waals surface area contributed by atoms with Crippen molar-refractivity contribution in [2.24, 2.45) is 0 Å². The van der Waals surface area contributed by atoms with Crippen LogP contribution < -0.4 is 16.0 Å². The van der Waals surface area contributed by atoms with E-state index in [2.05, 4.69) is 22.0 Å². The minimum atomic E-state index is -0.137. The highest BCUT2D eigenvalue weighted by Crippen LogP contribution is 2.19. The first-order valence-corrected chi connectivity index (χ1v) is 10.3. The first kappa shape index (κ1) is 20.6. The number of anilines is 2. The molecule has 29 heavy (non-hydrogen) atoms. The Morgan fingerprint density at radius 1 is 1.00 bits per heavy atom. The number of rotatable bonds is 8. The monoisotopic (exact) mass is 391 g/mol. The second-order valence-electron chi connectivity index (χ2n) is 7.46. The summed E-state index contributed by atoms with van der Waals surface area (Å²) in [5, 5.41) is 8.96. The number of benzene rings is 2. The molecule has 5 heteroatoms. The highest BCUT2D eigenvalue weighted by Gasteiger charge is 2.07. The van der Waals surface area contributed by atoms with E-state index in [1.807, 2.05) is 49.4 Å². The molecular weight excluding hydrogens is 362 g/mol. The van der Waals surface area contributed by atoms with Crippen LogP contribution >= 0.6 is 0 Å². The van der Waals surface area contributed by atoms with Gasteiger partial charge in [-0.15, -0.1) is 0 Å². The van der Waals surface area contributed by atoms with Crippen molar-refractivity contribution in [3.05, 3.63) is 71.3 Å². The Morgan fingerprint density at radius 3 is 2.52 bits per heavy atom. The highest BCUT2D eigenvalue weighted by atomic mass is 16.2. The van der Waals surface area contributed by atoms with Crippen LogP contribution in [0.2, 0.25) is 0 Å². The zero-order chi connectivity index (χ0) is 20.5. The van der Waals surface area contributed by atoms with Gasteiger partial charge in [0, 0.05) is 23.5 Å². The average Bonchev–Trinajstić information content (AvgIpc) is 2.74. The minimum Gasteiger partial charge on any atom is -0.376 e. The Bertz CT molecular complexity index is 872. The zero-order valence-corrected chi connectivity index (χ0v) is 17.0. The molecule has 0 aliphatic heterocycles. The van der Waals surface area contributed by atoms with Gasteiger partial charge in [-0.05, 0) is 75.4 Å². The van der Waals surface area contributed by atoms with Gasteiger partial charge in [0.1, 0.15) is 0 Å². The van der Waals surface area contributed by atoms with Gasteiger partial charge >= 0.3 is 0 Å². The molecule has 3 rings (SSSR count). The summed E-state index contributed by atoms with van der Waals surface area (Å²) in [5.74, 6) is -0.153. The fraction of sp³-hybridized carbons (Fsp3) is 0.333. The van der Waals surface area contributed by atoms with Gasteiger partial charge in [-0.1, -0.05) is 29.3 Å². The lowest BCUT2D eigenvalue weighted by Gasteiger charge is -2.13. The number of carbonyl (C=O) groups is 2. The molecule has 2 aromatic carbocycles. The summed E-state index contributed by atoms with van der Waals surface area (Å²) in [5.41, 5.74) is 4.70. The molecule has 1 aliphatic rings. The molecule has 0 radical (unpaired) electrons. The number of hydrogen-bond donors (Lipinski definition) is 3. The first-order valence-electron chi connectivity index (χ1n) is 10.3. The van der Waals surface area contributed by atoms with E-state index in [9.17, 15) is 9.59 Å². The SMILES string of the molecule is Cc1cccc(C(=O)Nc2ccc(NCC(=O)NCCC3=CCCCC3)cc2)c1. The van der Waals surface area contributed by atoms with Gasteiger partial charge in [-0.3, -0.25) is 9.59 Å². The van der Waals surface area contributed by atoms with Crippen LogP contribution in [0.25, 0.3) is 0 Å². The van der Waals surface area contributed by atoms with E-state index < -0.39 is 0 Å². The summed E-state index contributed by atoms with van der Waals surface area (Å²) in [6.07, 6.45) is 8.15. The van der Waals surface area contributed by atoms with Gasteiger partial charge in [0.15, 0.2) is 0 Å². The van der Waals surface area contributed by atoms with Gasteiger partial charge in [-0.2, -0.15) is 0 Å². The Labute approximate surface area is 172 Å². The molecule has 0 aromatic heterocycles. The standard InChI is InChI=1S/C24H29N3O2/c1-18-6-5-9-20(16-18)24(29)27-22-12-10-21(11-13-22)26-17-23(28)25-15-14-19-7-3-2-4-8-19/h5-7,9-13,16,26H,2-4,8,14-15,17H2,1H3,(H,25,28)(H,27,29). The lowest BCUT2D eigenvalue weighted by Crippen LogP contribution is -2.30. The van der Waals surface area contributed by atoms with Crippen LogP contribution in [0.5, 0.6) is 0 Å². The van der Waals surface area contributed by atoms with Crippen molar-refractivity contribution in [2.75, 3.05) is 23.7 Å². The third kappa shape index (κ3) is 6.79. The molecular formula is C24H29N3O2. The first-order chi connectivity index (χ1) is 14.1. The van der Waals surface area contributed by atoms with Crippen molar-refractivity contribution < 1.29 is 9.59 Å². The lowest BCUT2D eigenvalue weighted by molar-refractivity contribution is -0.119. The van der Waals surface area contributed by atoms with Crippen molar-refractivity contribution >= 4 is 23.2 Å². The fourth-order valence-electron chi connectivity index (χ4n) is 3.40. The van der Waals surface area contributed by atoms with Crippen molar-refractivity contribution in [1.82, 2.24) is 5.32 Å². The highest BCUT2D eigenvalue weighted by molar-refractivity contribution is 6.04. The molecule has 0 heterocycles. The second-order valence-corrected chi connectivity index (χ2v) is 7.46. The molecule has 5 nitrogen and oxygen atoms in total. The summed E-state index contributed by atoms with van der Waals surface area (Å²) in [4.78, 5) is 24.3. The van der Waals surface area contributed by atoms with E-state index in [4.69, 9.17) is 0 Å². The molecule has 2 amide bonds. The Morgan fingerprint density at radius 2 is 1.79 bits per heavy atom. The normalized spacial score (nSPS) is 13.3. The van der Waals surface area contributed by atoms with Crippen LogP contribution in [-0.4, -0.2) is 24.9 Å². The molecule has 0 atom stereocenters. The molecule has 2 aromatic rings. The van der Waals surface area contributed by atoms with Crippen LogP contribution in [0.3, 0.4) is 0 Å². The molecule has 0 saturated heterocycles. The van der Waals surface area contributed by atoms with Crippen molar-refractivity contribution in [3.8, 4) is 0 Å². The smallest absolute Gasteiger partial charge is 0.255 e. The quantitative estimate of drug-likeness (QED) is 0.573. The number of nitrogens with one attached hydrogen (secondary N) is 3. The summed E-state index contributed by atoms with van der Waals surface area (Å²) in [7, 11) is 0. The van der Waals surface area contributed by atoms with Crippen molar-refractivity contribution in [3.63, 3.8) is 0 Å². The maximum atomic E-state index is 12.3. The van der Waals surface area contributed by atoms with E-state index in [-0.39, 0.29) is 18.4 Å². The predicted octanol–water partition coefficient (Wildman–Crippen LogP) is 4.67. The zero-order valence-electron chi connectivity index (χ0n) is 17.0. The minimum absolute atomic E-state index is 0.0155. The van der Waals surface area contributed by atoms with Gasteiger partial charge in [-0.25, -0.2) is 0 Å². The lowest BCUT2D eigenvalue weighted by atomic mass is 9.97. The molecule has 0 bridgehead atoms. The van der Waals surface area contributed by atoms with Crippen LogP contribution in [0.15, 0.2) is 60.2 Å². The van der Waals surface area contributed by atoms with E-state index >= 15 is 0 Å². The Kier molecular flexibility index (Phi) is 7.45. The summed E-state index contributed by atoms with van der Waals surface area (Å²) < 4.78 is 0. The van der Waals surface area contributed by atoms with E-state index in [0.29, 0.717) is 17.8 Å². The number of allylic oxidation sites excluding steroid dienone is 1. The van der Waals surface area contributed by atoms with E-state index in [1.54, 1.807) is 6.07 Å². The molecule has 0 unspecified atom stereocenters. The second kappa shape index (κ2) is 10.5. The number of hydrogen-bond acceptors (Lipinski definition) is 3. The predicted molar refractivity (Wildman–Crippen MR) is 118 cm³/mol. The summed E-state index contributed by atoms with van der Waals surface area (Å²) >= 11 is 0. The molecule has 0 fully saturated rings. The van der Waals surface area contributed by atoms with E-state index in [0.717, 1.165) is 17.7 Å². The average molecular weight is 392 g/mol. The maximum Gasteiger partial charge on any atom is 0.255 e. The number of amides is 2. The molecule has 152 valence electrons. The van der Waals surface area contributed by atoms with Crippen LogP contribution in [0.4, 0.5) is 11.4 Å². The Hall–Kier alpha value is -3.08. The van der Waals surface area contributed by atoms with Gasteiger partial charge in [0.25, 0.3) is 5.91 Å². The molecule has 1 aliphatic carbocycles. The van der Waals surface area contributed by atoms with Gasteiger partial charge in [0.2, 0.25) is 5.91 Å². The maximum absolute atomic E-state index is 12.3. The van der Waals surface area contributed by atoms with Crippen LogP contribution in [0.1, 0.15) is 48.0 Å². The number of carbonyl (C=O) groups excluding carboxylic acids is 2. The Balaban J connectivity index is 1.40. The number of aryl methyl sites for hydroxylation is 1. The van der Waals surface area contributed by atoms with Crippen molar-refractivity contribution in [1.29, 1.82) is 0 Å². The van der Waals surface area contributed by atoms with Crippen molar-refractivity contribution in [2.45, 2.75) is 39.0 Å². The van der Waals surface area contributed by atoms with E-state index in [1.165, 1.54) is 31.3 Å². The summed E-state index contributed by atoms with van der Waals surface area (Å²) in [6.45, 7) is 2.88. The van der Waals surface area contributed by atoms with Crippen LogP contribution in [0, 0.1) is 6.92 Å². The summed E-state index contributed by atoms with van der Waals surface area (Å²) in [6, 6.07) is 14.8. The topological polar surface area (TPSA) is 70.2 Å². The fourth-order valence-corrected chi connectivity index (χ4v) is 3.40.